The van der Waals surface area contributed by atoms with Crippen LogP contribution in [-0.2, 0) is 25.8 Å². The molecule has 0 saturated heterocycles. The van der Waals surface area contributed by atoms with Crippen molar-refractivity contribution < 1.29 is 20.4 Å². The molecule has 0 saturated carbocycles. The summed E-state index contributed by atoms with van der Waals surface area (Å²) < 4.78 is 3.46. The van der Waals surface area contributed by atoms with E-state index in [9.17, 15) is 0 Å². The quantitative estimate of drug-likeness (QED) is 0.249. The van der Waals surface area contributed by atoms with Crippen molar-refractivity contribution in [3.8, 4) is 11.6 Å². The second-order valence-corrected chi connectivity index (χ2v) is 7.94. The molecule has 0 N–H and O–H groups in total. The van der Waals surface area contributed by atoms with Crippen molar-refractivity contribution in [3.63, 3.8) is 0 Å². The molecule has 0 atom stereocenters. The molecule has 6 aromatic rings. The van der Waals surface area contributed by atoms with E-state index < -0.39 is 5.41 Å². The predicted octanol–water partition coefficient (Wildman–Crippen LogP) is 2.66. The second-order valence-electron chi connectivity index (χ2n) is 7.94. The van der Waals surface area contributed by atoms with Gasteiger partial charge in [0.15, 0.2) is 0 Å². The number of hydrogen-bond acceptors (Lipinski definition) is 8. The van der Waals surface area contributed by atoms with Gasteiger partial charge in [-0.3, -0.25) is 29.9 Å². The van der Waals surface area contributed by atoms with E-state index in [0.29, 0.717) is 34.0 Å². The third-order valence-electron chi connectivity index (χ3n) is 5.52. The first-order chi connectivity index (χ1) is 16.1. The Hall–Kier alpha value is -3.94. The average molecular weight is 539 g/mol. The maximum Gasteiger partial charge on any atom is 2.00 e. The van der Waals surface area contributed by atoms with Crippen LogP contribution < -0.4 is 0 Å². The van der Waals surface area contributed by atoms with E-state index in [2.05, 4.69) is 56.4 Å². The Morgan fingerprint density at radius 1 is 0.706 bits per heavy atom. The molecule has 10 nitrogen and oxygen atoms in total. The molecule has 168 valence electrons. The molecule has 6 rings (SSSR count). The van der Waals surface area contributed by atoms with E-state index in [0.717, 1.165) is 11.4 Å². The topological polar surface area (TPSA) is 113 Å². The first kappa shape index (κ1) is 21.9. The molecule has 0 unspecified atom stereocenters. The molecule has 11 heteroatoms. The van der Waals surface area contributed by atoms with E-state index in [1.54, 1.807) is 21.5 Å². The summed E-state index contributed by atoms with van der Waals surface area (Å²) in [6, 6.07) is 11.7. The van der Waals surface area contributed by atoms with Gasteiger partial charge >= 0.3 is 20.4 Å². The minimum atomic E-state index is -0.497. The van der Waals surface area contributed by atoms with Crippen LogP contribution in [0.2, 0.25) is 0 Å². The number of imidazole rings is 2. The summed E-state index contributed by atoms with van der Waals surface area (Å²) >= 11 is 0. The Balaban J connectivity index is 0.00000241. The van der Waals surface area contributed by atoms with Gasteiger partial charge in [-0.2, -0.15) is 0 Å². The van der Waals surface area contributed by atoms with Crippen LogP contribution in [-0.4, -0.2) is 49.0 Å². The summed E-state index contributed by atoms with van der Waals surface area (Å²) in [6.45, 7) is 4.17. The van der Waals surface area contributed by atoms with Crippen molar-refractivity contribution in [1.82, 2.24) is 49.0 Å². The zero-order valence-electron chi connectivity index (χ0n) is 18.1. The van der Waals surface area contributed by atoms with Crippen LogP contribution in [0.5, 0.6) is 0 Å². The van der Waals surface area contributed by atoms with E-state index in [1.165, 1.54) is 12.7 Å². The SMILES string of the molecule is CC(C)(c1cccc(-n2[c-]nc3cncnc32)n1)c1cccc(-n2[c-]nc3cncnc32)n1.[Pd+2]. The molecule has 0 bridgehead atoms. The molecular formula is C23H16N10Pd. The third kappa shape index (κ3) is 3.55. The summed E-state index contributed by atoms with van der Waals surface area (Å²) in [7, 11) is 0. The predicted molar refractivity (Wildman–Crippen MR) is 119 cm³/mol. The number of aromatic nitrogens is 10. The molecule has 6 aromatic heterocycles. The van der Waals surface area contributed by atoms with Crippen molar-refractivity contribution in [2.45, 2.75) is 19.3 Å². The third-order valence-corrected chi connectivity index (χ3v) is 5.52. The van der Waals surface area contributed by atoms with Crippen molar-refractivity contribution >= 4 is 22.3 Å². The Morgan fingerprint density at radius 2 is 1.18 bits per heavy atom. The largest absolute Gasteiger partial charge is 2.00 e. The van der Waals surface area contributed by atoms with E-state index in [4.69, 9.17) is 9.97 Å². The summed E-state index contributed by atoms with van der Waals surface area (Å²) in [5, 5.41) is 0. The van der Waals surface area contributed by atoms with Gasteiger partial charge in [0.1, 0.15) is 12.7 Å². The number of hydrogen-bond donors (Lipinski definition) is 0. The molecule has 0 amide bonds. The van der Waals surface area contributed by atoms with E-state index >= 15 is 0 Å². The summed E-state index contributed by atoms with van der Waals surface area (Å²) in [5.41, 5.74) is 3.81. The van der Waals surface area contributed by atoms with Crippen LogP contribution in [0.1, 0.15) is 25.2 Å². The van der Waals surface area contributed by atoms with E-state index in [1.807, 2.05) is 36.4 Å². The molecule has 34 heavy (non-hydrogen) atoms. The van der Waals surface area contributed by atoms with Gasteiger partial charge in [-0.05, 0) is 26.0 Å². The summed E-state index contributed by atoms with van der Waals surface area (Å²) in [4.78, 5) is 35.0. The first-order valence-corrected chi connectivity index (χ1v) is 10.2. The molecular weight excluding hydrogens is 523 g/mol. The minimum absolute atomic E-state index is 0. The van der Waals surface area contributed by atoms with Gasteiger partial charge < -0.3 is 19.1 Å². The van der Waals surface area contributed by atoms with Gasteiger partial charge in [0.25, 0.3) is 0 Å². The van der Waals surface area contributed by atoms with Crippen LogP contribution in [0.25, 0.3) is 34.0 Å². The number of pyridine rings is 2. The maximum atomic E-state index is 4.90. The molecule has 0 fully saturated rings. The number of nitrogens with zero attached hydrogens (tertiary/aromatic N) is 10. The molecule has 0 aliphatic carbocycles. The fourth-order valence-electron chi connectivity index (χ4n) is 3.68. The van der Waals surface area contributed by atoms with Crippen molar-refractivity contribution in [3.05, 3.63) is 85.5 Å². The molecule has 0 spiro atoms. The zero-order valence-corrected chi connectivity index (χ0v) is 19.6. The van der Waals surface area contributed by atoms with Crippen molar-refractivity contribution in [1.29, 1.82) is 0 Å². The molecule has 0 aromatic carbocycles. The normalized spacial score (nSPS) is 11.6. The standard InChI is InChI=1S/C23H16N10.Pd/c1-23(2,17-5-3-7-19(30-17)32-13-28-15-9-24-11-26-21(15)32)18-6-4-8-20(31-18)33-14-29-16-10-25-12-27-22(16)33;/h3-12H,1-2H3;/q-2;+2. The number of rotatable bonds is 4. The minimum Gasteiger partial charge on any atom is -0.396 e. The summed E-state index contributed by atoms with van der Waals surface area (Å²) in [5.74, 6) is 1.34. The number of fused-ring (bicyclic) bond motifs is 2. The van der Waals surface area contributed by atoms with Gasteiger partial charge in [0.05, 0.1) is 11.6 Å². The van der Waals surface area contributed by atoms with Crippen LogP contribution in [0.4, 0.5) is 0 Å². The molecule has 0 aliphatic rings. The Morgan fingerprint density at radius 3 is 1.65 bits per heavy atom. The van der Waals surface area contributed by atoms with Gasteiger partial charge in [-0.1, -0.05) is 24.3 Å². The Kier molecular flexibility index (Phi) is 5.43. The molecule has 0 radical (unpaired) electrons. The van der Waals surface area contributed by atoms with Gasteiger partial charge in [-0.25, -0.2) is 0 Å². The monoisotopic (exact) mass is 538 g/mol. The van der Waals surface area contributed by atoms with E-state index in [-0.39, 0.29) is 20.4 Å². The fraction of sp³-hybridized carbons (Fsp3) is 0.130. The molecule has 6 heterocycles. The van der Waals surface area contributed by atoms with Crippen LogP contribution in [0.3, 0.4) is 0 Å². The maximum absolute atomic E-state index is 4.90. The average Bonchev–Trinajstić information content (AvgIpc) is 3.49. The van der Waals surface area contributed by atoms with Crippen molar-refractivity contribution in [2.24, 2.45) is 0 Å². The van der Waals surface area contributed by atoms with Gasteiger partial charge in [-0.15, -0.1) is 0 Å². The van der Waals surface area contributed by atoms with Crippen LogP contribution >= 0.6 is 0 Å². The fourth-order valence-corrected chi connectivity index (χ4v) is 3.68. The van der Waals surface area contributed by atoms with Crippen LogP contribution in [0, 0.1) is 12.7 Å². The smallest absolute Gasteiger partial charge is 0.396 e. The van der Waals surface area contributed by atoms with Gasteiger partial charge in [0, 0.05) is 64.2 Å². The first-order valence-electron chi connectivity index (χ1n) is 10.2. The van der Waals surface area contributed by atoms with Crippen molar-refractivity contribution in [2.75, 3.05) is 0 Å². The van der Waals surface area contributed by atoms with Crippen LogP contribution in [0.15, 0.2) is 61.4 Å². The zero-order chi connectivity index (χ0) is 22.4. The Bertz CT molecular complexity index is 1500. The summed E-state index contributed by atoms with van der Waals surface area (Å²) in [6.07, 6.45) is 12.2. The van der Waals surface area contributed by atoms with Gasteiger partial charge in [0.2, 0.25) is 0 Å². The molecule has 0 aliphatic heterocycles. The Labute approximate surface area is 207 Å². The second kappa shape index (κ2) is 8.44.